The highest BCUT2D eigenvalue weighted by Crippen LogP contribution is 2.26. The molecule has 1 saturated heterocycles. The van der Waals surface area contributed by atoms with Crippen LogP contribution in [-0.4, -0.2) is 53.8 Å². The lowest BCUT2D eigenvalue weighted by Crippen LogP contribution is -2.45. The number of urea groups is 1. The average Bonchev–Trinajstić information content (AvgIpc) is 2.99. The monoisotopic (exact) mass is 454 g/mol. The summed E-state index contributed by atoms with van der Waals surface area (Å²) in [6.45, 7) is 7.98. The predicted octanol–water partition coefficient (Wildman–Crippen LogP) is 3.68. The Hall–Kier alpha value is -3.06. The summed E-state index contributed by atoms with van der Waals surface area (Å²) in [6, 6.07) is 14.8. The van der Waals surface area contributed by atoms with Crippen molar-refractivity contribution in [1.82, 2.24) is 10.2 Å². The van der Waals surface area contributed by atoms with Crippen molar-refractivity contribution >= 4 is 11.9 Å². The number of benzene rings is 2. The Labute approximate surface area is 195 Å². The molecule has 178 valence electrons. The van der Waals surface area contributed by atoms with E-state index in [9.17, 15) is 14.7 Å². The third kappa shape index (κ3) is 6.05. The van der Waals surface area contributed by atoms with Crippen molar-refractivity contribution < 1.29 is 24.2 Å². The number of hydrogen-bond donors (Lipinski definition) is 2. The second-order valence-electron chi connectivity index (χ2n) is 9.77. The number of nitrogens with one attached hydrogen (secondary N) is 1. The van der Waals surface area contributed by atoms with E-state index in [0.29, 0.717) is 18.6 Å². The maximum atomic E-state index is 13.0. The van der Waals surface area contributed by atoms with Crippen molar-refractivity contribution in [2.45, 2.75) is 57.6 Å². The largest absolute Gasteiger partial charge is 0.497 e. The zero-order chi connectivity index (χ0) is 24.2. The van der Waals surface area contributed by atoms with Gasteiger partial charge in [-0.2, -0.15) is 0 Å². The number of imide groups is 1. The molecule has 0 aromatic heterocycles. The number of ether oxygens (including phenoxy) is 2. The van der Waals surface area contributed by atoms with Crippen LogP contribution in [0.5, 0.6) is 11.5 Å². The van der Waals surface area contributed by atoms with E-state index >= 15 is 0 Å². The molecule has 1 heterocycles. The summed E-state index contributed by atoms with van der Waals surface area (Å²) in [5, 5.41) is 13.2. The molecular formula is C26H34N2O5. The lowest BCUT2D eigenvalue weighted by atomic mass is 9.87. The van der Waals surface area contributed by atoms with E-state index in [1.54, 1.807) is 14.0 Å². The molecule has 2 aromatic carbocycles. The molecular weight excluding hydrogens is 420 g/mol. The molecule has 0 aliphatic carbocycles. The number of hydrogen-bond acceptors (Lipinski definition) is 5. The highest BCUT2D eigenvalue weighted by molar-refractivity contribution is 6.06. The first-order valence-corrected chi connectivity index (χ1v) is 11.2. The smallest absolute Gasteiger partial charge is 0.325 e. The second kappa shape index (κ2) is 9.83. The van der Waals surface area contributed by atoms with Crippen molar-refractivity contribution in [3.05, 3.63) is 59.7 Å². The minimum absolute atomic E-state index is 0.0194. The molecule has 0 radical (unpaired) electrons. The molecule has 2 unspecified atom stereocenters. The number of rotatable bonds is 9. The molecule has 0 bridgehead atoms. The van der Waals surface area contributed by atoms with E-state index < -0.39 is 17.7 Å². The van der Waals surface area contributed by atoms with Crippen molar-refractivity contribution in [2.75, 3.05) is 20.3 Å². The van der Waals surface area contributed by atoms with Crippen LogP contribution in [0.1, 0.15) is 45.2 Å². The van der Waals surface area contributed by atoms with Gasteiger partial charge in [0.05, 0.1) is 13.7 Å². The van der Waals surface area contributed by atoms with Crippen LogP contribution in [0.25, 0.3) is 0 Å². The number of methoxy groups -OCH3 is 1. The first-order chi connectivity index (χ1) is 15.5. The summed E-state index contributed by atoms with van der Waals surface area (Å²) in [5.41, 5.74) is 1.26. The molecule has 33 heavy (non-hydrogen) atoms. The van der Waals surface area contributed by atoms with E-state index in [1.807, 2.05) is 48.5 Å². The lowest BCUT2D eigenvalue weighted by Gasteiger charge is -2.23. The van der Waals surface area contributed by atoms with E-state index in [-0.39, 0.29) is 24.5 Å². The molecule has 1 aliphatic heterocycles. The molecule has 2 atom stereocenters. The molecule has 1 fully saturated rings. The van der Waals surface area contributed by atoms with Gasteiger partial charge in [-0.25, -0.2) is 4.79 Å². The molecule has 7 heteroatoms. The van der Waals surface area contributed by atoms with Crippen LogP contribution < -0.4 is 14.8 Å². The van der Waals surface area contributed by atoms with Gasteiger partial charge in [-0.15, -0.1) is 0 Å². The zero-order valence-corrected chi connectivity index (χ0v) is 20.1. The molecule has 3 rings (SSSR count). The predicted molar refractivity (Wildman–Crippen MR) is 127 cm³/mol. The molecule has 0 saturated carbocycles. The van der Waals surface area contributed by atoms with Crippen LogP contribution >= 0.6 is 0 Å². The SMILES string of the molecule is COc1ccc(CCC2(C)NC(=O)N(CC(O)COc3ccc(C(C)(C)C)cc3)C2=O)cc1. The fraction of sp³-hybridized carbons (Fsp3) is 0.462. The van der Waals surface area contributed by atoms with Crippen molar-refractivity contribution in [2.24, 2.45) is 0 Å². The number of nitrogens with zero attached hydrogens (tertiary/aromatic N) is 1. The number of β-amino-alcohol motifs (C(OH)–C–C–N with tert-alkyl or cyclic N) is 1. The van der Waals surface area contributed by atoms with Gasteiger partial charge in [-0.3, -0.25) is 9.69 Å². The van der Waals surface area contributed by atoms with Crippen LogP contribution in [0.2, 0.25) is 0 Å². The van der Waals surface area contributed by atoms with Crippen LogP contribution in [-0.2, 0) is 16.6 Å². The summed E-state index contributed by atoms with van der Waals surface area (Å²) in [7, 11) is 1.61. The summed E-state index contributed by atoms with van der Waals surface area (Å²) in [4.78, 5) is 26.5. The van der Waals surface area contributed by atoms with Crippen LogP contribution in [0.4, 0.5) is 4.79 Å². The molecule has 2 N–H and O–H groups in total. The Morgan fingerprint density at radius 2 is 1.64 bits per heavy atom. The van der Waals surface area contributed by atoms with E-state index in [1.165, 1.54) is 5.56 Å². The fourth-order valence-electron chi connectivity index (χ4n) is 3.78. The van der Waals surface area contributed by atoms with Gasteiger partial charge in [-0.05, 0) is 60.6 Å². The maximum absolute atomic E-state index is 13.0. The third-order valence-corrected chi connectivity index (χ3v) is 5.97. The van der Waals surface area contributed by atoms with Gasteiger partial charge in [0.2, 0.25) is 0 Å². The number of aryl methyl sites for hydroxylation is 1. The molecule has 0 spiro atoms. The van der Waals surface area contributed by atoms with Crippen LogP contribution in [0.3, 0.4) is 0 Å². The number of aliphatic hydroxyl groups excluding tert-OH is 1. The van der Waals surface area contributed by atoms with Gasteiger partial charge in [-0.1, -0.05) is 45.0 Å². The number of carbonyl (C=O) groups is 2. The Morgan fingerprint density at radius 1 is 1.03 bits per heavy atom. The van der Waals surface area contributed by atoms with Crippen molar-refractivity contribution in [3.63, 3.8) is 0 Å². The summed E-state index contributed by atoms with van der Waals surface area (Å²) < 4.78 is 10.8. The average molecular weight is 455 g/mol. The minimum Gasteiger partial charge on any atom is -0.497 e. The van der Waals surface area contributed by atoms with E-state index in [0.717, 1.165) is 16.2 Å². The quantitative estimate of drug-likeness (QED) is 0.565. The zero-order valence-electron chi connectivity index (χ0n) is 20.1. The molecule has 3 amide bonds. The standard InChI is InChI=1S/C26H34N2O5/c1-25(2,3)19-8-12-22(13-9-19)33-17-20(29)16-28-23(30)26(4,27-24(28)31)15-14-18-6-10-21(32-5)11-7-18/h6-13,20,29H,14-17H2,1-5H3,(H,27,31). The van der Waals surface area contributed by atoms with Crippen LogP contribution in [0, 0.1) is 0 Å². The minimum atomic E-state index is -1.01. The lowest BCUT2D eigenvalue weighted by molar-refractivity contribution is -0.132. The van der Waals surface area contributed by atoms with Gasteiger partial charge in [0.1, 0.15) is 29.7 Å². The van der Waals surface area contributed by atoms with Crippen molar-refractivity contribution in [1.29, 1.82) is 0 Å². The molecule has 1 aliphatic rings. The number of carbonyl (C=O) groups excluding carboxylic acids is 2. The van der Waals surface area contributed by atoms with Crippen LogP contribution in [0.15, 0.2) is 48.5 Å². The number of aliphatic hydroxyl groups is 1. The van der Waals surface area contributed by atoms with Crippen molar-refractivity contribution in [3.8, 4) is 11.5 Å². The Kier molecular flexibility index (Phi) is 7.32. The van der Waals surface area contributed by atoms with Gasteiger partial charge in [0, 0.05) is 0 Å². The van der Waals surface area contributed by atoms with Gasteiger partial charge in [0.25, 0.3) is 5.91 Å². The first-order valence-electron chi connectivity index (χ1n) is 11.2. The van der Waals surface area contributed by atoms with Gasteiger partial charge in [0.15, 0.2) is 0 Å². The second-order valence-corrected chi connectivity index (χ2v) is 9.77. The van der Waals surface area contributed by atoms with E-state index in [2.05, 4.69) is 26.1 Å². The summed E-state index contributed by atoms with van der Waals surface area (Å²) >= 11 is 0. The highest BCUT2D eigenvalue weighted by atomic mass is 16.5. The fourth-order valence-corrected chi connectivity index (χ4v) is 3.78. The van der Waals surface area contributed by atoms with Gasteiger partial charge < -0.3 is 19.9 Å². The Bertz CT molecular complexity index is 966. The maximum Gasteiger partial charge on any atom is 0.325 e. The summed E-state index contributed by atoms with van der Waals surface area (Å²) in [5.74, 6) is 1.06. The third-order valence-electron chi connectivity index (χ3n) is 5.97. The Morgan fingerprint density at radius 3 is 2.21 bits per heavy atom. The first kappa shape index (κ1) is 24.6. The Balaban J connectivity index is 1.52. The summed E-state index contributed by atoms with van der Waals surface area (Å²) in [6.07, 6.45) is 0.0786. The molecule has 7 nitrogen and oxygen atoms in total. The number of amides is 3. The highest BCUT2D eigenvalue weighted by Gasteiger charge is 2.47. The topological polar surface area (TPSA) is 88.1 Å². The normalized spacial score (nSPS) is 19.4. The molecule has 2 aromatic rings. The van der Waals surface area contributed by atoms with Gasteiger partial charge >= 0.3 is 6.03 Å². The van der Waals surface area contributed by atoms with E-state index in [4.69, 9.17) is 9.47 Å².